The SMILES string of the molecule is CC(=O)c1sc2sc(C(=O)O)c(C)c2c1C. The lowest BCUT2D eigenvalue weighted by Crippen LogP contribution is -1.95. The Kier molecular flexibility index (Phi) is 2.59. The molecule has 1 N–H and O–H groups in total. The zero-order valence-corrected chi connectivity index (χ0v) is 10.7. The van der Waals surface area contributed by atoms with E-state index in [-0.39, 0.29) is 5.78 Å². The van der Waals surface area contributed by atoms with Gasteiger partial charge in [0, 0.05) is 5.39 Å². The van der Waals surface area contributed by atoms with Crippen molar-refractivity contribution in [2.75, 3.05) is 0 Å². The van der Waals surface area contributed by atoms with Crippen LogP contribution in [0, 0.1) is 13.8 Å². The number of thiophene rings is 2. The molecule has 0 aliphatic carbocycles. The van der Waals surface area contributed by atoms with E-state index in [1.807, 2.05) is 6.92 Å². The van der Waals surface area contributed by atoms with Crippen molar-refractivity contribution in [1.82, 2.24) is 0 Å². The quantitative estimate of drug-likeness (QED) is 0.835. The number of Topliss-reactive ketones (excluding diaryl/α,β-unsaturated/α-hetero) is 1. The zero-order chi connectivity index (χ0) is 12.0. The molecule has 0 bridgehead atoms. The molecule has 0 saturated heterocycles. The fourth-order valence-corrected chi connectivity index (χ4v) is 4.41. The summed E-state index contributed by atoms with van der Waals surface area (Å²) >= 11 is 2.64. The van der Waals surface area contributed by atoms with Gasteiger partial charge in [-0.05, 0) is 31.9 Å². The maximum absolute atomic E-state index is 11.4. The highest BCUT2D eigenvalue weighted by Gasteiger charge is 2.21. The smallest absolute Gasteiger partial charge is 0.346 e. The van der Waals surface area contributed by atoms with Gasteiger partial charge in [-0.1, -0.05) is 0 Å². The number of aromatic carboxylic acids is 1. The second kappa shape index (κ2) is 3.68. The first-order chi connectivity index (χ1) is 7.43. The molecular formula is C11H10O3S2. The average Bonchev–Trinajstić information content (AvgIpc) is 2.66. The fourth-order valence-electron chi connectivity index (χ4n) is 1.82. The largest absolute Gasteiger partial charge is 0.477 e. The van der Waals surface area contributed by atoms with Gasteiger partial charge < -0.3 is 5.11 Å². The summed E-state index contributed by atoms with van der Waals surface area (Å²) in [4.78, 5) is 23.4. The Labute approximate surface area is 100 Å². The van der Waals surface area contributed by atoms with Crippen LogP contribution in [0.4, 0.5) is 0 Å². The topological polar surface area (TPSA) is 54.4 Å². The van der Waals surface area contributed by atoms with E-state index >= 15 is 0 Å². The number of ketones is 1. The van der Waals surface area contributed by atoms with Crippen LogP contribution in [0.2, 0.25) is 0 Å². The second-order valence-electron chi connectivity index (χ2n) is 3.64. The molecule has 84 valence electrons. The van der Waals surface area contributed by atoms with Crippen LogP contribution in [0.25, 0.3) is 9.40 Å². The van der Waals surface area contributed by atoms with E-state index in [0.29, 0.717) is 4.88 Å². The molecule has 0 aliphatic rings. The summed E-state index contributed by atoms with van der Waals surface area (Å²) in [6.45, 7) is 5.21. The van der Waals surface area contributed by atoms with Crippen LogP contribution in [0.5, 0.6) is 0 Å². The van der Waals surface area contributed by atoms with Crippen molar-refractivity contribution < 1.29 is 14.7 Å². The Morgan fingerprint density at radius 2 is 1.56 bits per heavy atom. The van der Waals surface area contributed by atoms with E-state index in [1.54, 1.807) is 6.92 Å². The third kappa shape index (κ3) is 1.47. The molecule has 0 spiro atoms. The van der Waals surface area contributed by atoms with Crippen LogP contribution in [0.1, 0.15) is 37.4 Å². The number of carboxylic acid groups (broad SMARTS) is 1. The van der Waals surface area contributed by atoms with Gasteiger partial charge in [0.25, 0.3) is 0 Å². The van der Waals surface area contributed by atoms with E-state index in [4.69, 9.17) is 5.11 Å². The first-order valence-electron chi connectivity index (χ1n) is 4.70. The van der Waals surface area contributed by atoms with Gasteiger partial charge in [0.2, 0.25) is 0 Å². The summed E-state index contributed by atoms with van der Waals surface area (Å²) in [6.07, 6.45) is 0. The van der Waals surface area contributed by atoms with Crippen LogP contribution >= 0.6 is 22.7 Å². The van der Waals surface area contributed by atoms with Crippen LogP contribution in [-0.4, -0.2) is 16.9 Å². The predicted molar refractivity (Wildman–Crippen MR) is 66.1 cm³/mol. The minimum absolute atomic E-state index is 0.0437. The van der Waals surface area contributed by atoms with Crippen molar-refractivity contribution >= 4 is 43.8 Å². The summed E-state index contributed by atoms with van der Waals surface area (Å²) in [5, 5.41) is 9.94. The van der Waals surface area contributed by atoms with E-state index in [9.17, 15) is 9.59 Å². The molecule has 0 amide bonds. The number of carboxylic acids is 1. The molecule has 0 unspecified atom stereocenters. The molecule has 2 heterocycles. The van der Waals surface area contributed by atoms with Crippen molar-refractivity contribution in [2.24, 2.45) is 0 Å². The van der Waals surface area contributed by atoms with Crippen LogP contribution in [0.15, 0.2) is 0 Å². The number of rotatable bonds is 2. The third-order valence-electron chi connectivity index (χ3n) is 2.54. The third-order valence-corrected chi connectivity index (χ3v) is 5.30. The van der Waals surface area contributed by atoms with Crippen molar-refractivity contribution in [3.8, 4) is 0 Å². The normalized spacial score (nSPS) is 10.9. The maximum atomic E-state index is 11.4. The van der Waals surface area contributed by atoms with Gasteiger partial charge in [0.15, 0.2) is 5.78 Å². The number of aryl methyl sites for hydroxylation is 2. The molecule has 5 heteroatoms. The Hall–Kier alpha value is -1.20. The van der Waals surface area contributed by atoms with Crippen molar-refractivity contribution in [1.29, 1.82) is 0 Å². The van der Waals surface area contributed by atoms with Crippen molar-refractivity contribution in [3.05, 3.63) is 20.9 Å². The highest BCUT2D eigenvalue weighted by Crippen LogP contribution is 2.40. The Morgan fingerprint density at radius 3 is 2.00 bits per heavy atom. The second-order valence-corrected chi connectivity index (χ2v) is 5.94. The number of hydrogen-bond acceptors (Lipinski definition) is 4. The minimum Gasteiger partial charge on any atom is -0.477 e. The minimum atomic E-state index is -0.894. The summed E-state index contributed by atoms with van der Waals surface area (Å²) in [7, 11) is 0. The lowest BCUT2D eigenvalue weighted by molar-refractivity contribution is 0.0701. The number of carbonyl (C=O) groups excluding carboxylic acids is 1. The lowest BCUT2D eigenvalue weighted by atomic mass is 10.1. The maximum Gasteiger partial charge on any atom is 0.346 e. The summed E-state index contributed by atoms with van der Waals surface area (Å²) in [6, 6.07) is 0. The molecule has 16 heavy (non-hydrogen) atoms. The van der Waals surface area contributed by atoms with E-state index < -0.39 is 5.97 Å². The molecule has 0 aromatic carbocycles. The highest BCUT2D eigenvalue weighted by molar-refractivity contribution is 7.40. The molecule has 0 aliphatic heterocycles. The van der Waals surface area contributed by atoms with Crippen molar-refractivity contribution in [2.45, 2.75) is 20.8 Å². The van der Waals surface area contributed by atoms with E-state index in [2.05, 4.69) is 0 Å². The molecule has 2 aromatic heterocycles. The standard InChI is InChI=1S/C11H10O3S2/c1-4-7-5(2)9(10(13)14)16-11(7)15-8(4)6(3)12/h1-3H3,(H,13,14). The van der Waals surface area contributed by atoms with Gasteiger partial charge in [0.05, 0.1) is 8.89 Å². The van der Waals surface area contributed by atoms with Gasteiger partial charge in [-0.15, -0.1) is 22.7 Å². The van der Waals surface area contributed by atoms with Gasteiger partial charge in [-0.2, -0.15) is 0 Å². The van der Waals surface area contributed by atoms with E-state index in [0.717, 1.165) is 25.4 Å². The van der Waals surface area contributed by atoms with Crippen LogP contribution < -0.4 is 0 Å². The zero-order valence-electron chi connectivity index (χ0n) is 9.08. The summed E-state index contributed by atoms with van der Waals surface area (Å²) in [5.74, 6) is -0.850. The lowest BCUT2D eigenvalue weighted by Gasteiger charge is -1.95. The molecule has 2 aromatic rings. The molecule has 0 radical (unpaired) electrons. The monoisotopic (exact) mass is 254 g/mol. The number of carbonyl (C=O) groups is 2. The first-order valence-corrected chi connectivity index (χ1v) is 6.33. The number of fused-ring (bicyclic) bond motifs is 1. The van der Waals surface area contributed by atoms with Crippen LogP contribution in [0.3, 0.4) is 0 Å². The highest BCUT2D eigenvalue weighted by atomic mass is 32.2. The van der Waals surface area contributed by atoms with Crippen molar-refractivity contribution in [3.63, 3.8) is 0 Å². The van der Waals surface area contributed by atoms with Gasteiger partial charge in [-0.3, -0.25) is 4.79 Å². The van der Waals surface area contributed by atoms with Gasteiger partial charge in [0.1, 0.15) is 4.88 Å². The Morgan fingerprint density at radius 1 is 1.06 bits per heavy atom. The molecule has 0 saturated carbocycles. The van der Waals surface area contributed by atoms with Crippen LogP contribution in [-0.2, 0) is 0 Å². The molecular weight excluding hydrogens is 244 g/mol. The first kappa shape index (κ1) is 11.3. The Balaban J connectivity index is 2.79. The molecule has 0 atom stereocenters. The number of hydrogen-bond donors (Lipinski definition) is 1. The van der Waals surface area contributed by atoms with Gasteiger partial charge >= 0.3 is 5.97 Å². The predicted octanol–water partition coefficient (Wildman–Crippen LogP) is 3.48. The Bertz CT molecular complexity index is 555. The molecule has 3 nitrogen and oxygen atoms in total. The van der Waals surface area contributed by atoms with E-state index in [1.165, 1.54) is 29.6 Å². The molecule has 2 rings (SSSR count). The fraction of sp³-hybridized carbons (Fsp3) is 0.273. The summed E-state index contributed by atoms with van der Waals surface area (Å²) < 4.78 is 0.928. The molecule has 0 fully saturated rings. The summed E-state index contributed by atoms with van der Waals surface area (Å²) in [5.41, 5.74) is 1.68. The van der Waals surface area contributed by atoms with Gasteiger partial charge in [-0.25, -0.2) is 4.79 Å². The average molecular weight is 254 g/mol.